The number of nitriles is 1. The van der Waals surface area contributed by atoms with Crippen molar-refractivity contribution in [2.24, 2.45) is 0 Å². The Morgan fingerprint density at radius 2 is 2.00 bits per heavy atom. The molecule has 30 heavy (non-hydrogen) atoms. The van der Waals surface area contributed by atoms with Gasteiger partial charge >= 0.3 is 0 Å². The minimum absolute atomic E-state index is 0.102. The van der Waals surface area contributed by atoms with Crippen molar-refractivity contribution in [2.75, 3.05) is 12.4 Å². The molecule has 0 spiro atoms. The Kier molecular flexibility index (Phi) is 7.15. The Labute approximate surface area is 182 Å². The van der Waals surface area contributed by atoms with Gasteiger partial charge in [-0.3, -0.25) is 4.98 Å². The number of benzene rings is 2. The molecule has 0 unspecified atom stereocenters. The van der Waals surface area contributed by atoms with Crippen LogP contribution in [0.4, 0.5) is 5.69 Å². The normalized spacial score (nSPS) is 11.0. The van der Waals surface area contributed by atoms with E-state index in [1.54, 1.807) is 7.11 Å². The van der Waals surface area contributed by atoms with Gasteiger partial charge in [-0.1, -0.05) is 24.6 Å². The first-order chi connectivity index (χ1) is 14.5. The number of halogens is 1. The highest BCUT2D eigenvalue weighted by atomic mass is 35.5. The van der Waals surface area contributed by atoms with Crippen LogP contribution >= 0.6 is 11.6 Å². The van der Waals surface area contributed by atoms with Gasteiger partial charge in [-0.15, -0.1) is 0 Å². The quantitative estimate of drug-likeness (QED) is 0.490. The molecule has 3 aromatic rings. The van der Waals surface area contributed by atoms with Gasteiger partial charge in [0.15, 0.2) is 0 Å². The fourth-order valence-corrected chi connectivity index (χ4v) is 3.62. The second kappa shape index (κ2) is 9.80. The number of anilines is 1. The molecule has 0 atom stereocenters. The monoisotopic (exact) mass is 423 g/mol. The van der Waals surface area contributed by atoms with Gasteiger partial charge in [0.2, 0.25) is 0 Å². The fraction of sp³-hybridized carbons (Fsp3) is 0.333. The predicted molar refractivity (Wildman–Crippen MR) is 121 cm³/mol. The van der Waals surface area contributed by atoms with Gasteiger partial charge in [0.05, 0.1) is 47.7 Å². The molecule has 156 valence electrons. The summed E-state index contributed by atoms with van der Waals surface area (Å²) < 4.78 is 11.1. The number of hydrogen-bond acceptors (Lipinski definition) is 5. The third-order valence-corrected chi connectivity index (χ3v) is 5.19. The summed E-state index contributed by atoms with van der Waals surface area (Å²) in [7, 11) is 1.60. The molecule has 1 aromatic heterocycles. The molecule has 0 amide bonds. The number of rotatable bonds is 8. The number of nitrogens with zero attached hydrogens (tertiary/aromatic N) is 2. The number of nitrogens with one attached hydrogen (secondary N) is 1. The van der Waals surface area contributed by atoms with Crippen molar-refractivity contribution < 1.29 is 9.47 Å². The van der Waals surface area contributed by atoms with Crippen LogP contribution < -0.4 is 10.1 Å². The third-order valence-electron chi connectivity index (χ3n) is 4.90. The Bertz CT molecular complexity index is 1090. The largest absolute Gasteiger partial charge is 0.495 e. The van der Waals surface area contributed by atoms with Crippen LogP contribution in [0.25, 0.3) is 10.9 Å². The molecule has 0 fully saturated rings. The molecule has 0 saturated heterocycles. The van der Waals surface area contributed by atoms with E-state index >= 15 is 0 Å². The summed E-state index contributed by atoms with van der Waals surface area (Å²) in [6, 6.07) is 11.8. The van der Waals surface area contributed by atoms with E-state index in [2.05, 4.69) is 18.3 Å². The molecule has 0 radical (unpaired) electrons. The molecular formula is C24H26ClN3O2. The summed E-state index contributed by atoms with van der Waals surface area (Å²) in [5.74, 6) is 0.645. The number of fused-ring (bicyclic) bond motifs is 1. The summed E-state index contributed by atoms with van der Waals surface area (Å²) in [5, 5.41) is 14.5. The smallest absolute Gasteiger partial charge is 0.137 e. The lowest BCUT2D eigenvalue weighted by Gasteiger charge is -2.18. The summed E-state index contributed by atoms with van der Waals surface area (Å²) in [4.78, 5) is 4.69. The predicted octanol–water partition coefficient (Wildman–Crippen LogP) is 5.87. The average molecular weight is 424 g/mol. The minimum Gasteiger partial charge on any atom is -0.495 e. The molecule has 5 nitrogen and oxygen atoms in total. The first kappa shape index (κ1) is 21.9. The zero-order valence-electron chi connectivity index (χ0n) is 17.8. The zero-order valence-corrected chi connectivity index (χ0v) is 18.5. The van der Waals surface area contributed by atoms with E-state index < -0.39 is 0 Å². The van der Waals surface area contributed by atoms with E-state index in [9.17, 15) is 5.26 Å². The van der Waals surface area contributed by atoms with Gasteiger partial charge < -0.3 is 14.8 Å². The molecule has 3 rings (SSSR count). The summed E-state index contributed by atoms with van der Waals surface area (Å²) in [5.41, 5.74) is 5.48. The molecule has 0 saturated carbocycles. The maximum Gasteiger partial charge on any atom is 0.137 e. The van der Waals surface area contributed by atoms with Crippen LogP contribution in [0.3, 0.4) is 0 Å². The molecule has 0 aliphatic carbocycles. The fourth-order valence-electron chi connectivity index (χ4n) is 3.34. The van der Waals surface area contributed by atoms with Crippen molar-refractivity contribution in [3.63, 3.8) is 0 Å². The van der Waals surface area contributed by atoms with E-state index in [-0.39, 0.29) is 6.10 Å². The van der Waals surface area contributed by atoms with Crippen molar-refractivity contribution in [2.45, 2.75) is 46.4 Å². The van der Waals surface area contributed by atoms with Gasteiger partial charge in [0.1, 0.15) is 5.75 Å². The van der Waals surface area contributed by atoms with Gasteiger partial charge in [-0.05, 0) is 55.7 Å². The second-order valence-corrected chi connectivity index (χ2v) is 7.74. The molecule has 2 aromatic carbocycles. The Balaban J connectivity index is 2.04. The number of aryl methyl sites for hydroxylation is 1. The highest BCUT2D eigenvalue weighted by Gasteiger charge is 2.14. The summed E-state index contributed by atoms with van der Waals surface area (Å²) >= 11 is 6.28. The van der Waals surface area contributed by atoms with Crippen LogP contribution in [-0.2, 0) is 24.3 Å². The highest BCUT2D eigenvalue weighted by molar-refractivity contribution is 6.32. The zero-order chi connectivity index (χ0) is 21.7. The number of aromatic nitrogens is 1. The van der Waals surface area contributed by atoms with Crippen molar-refractivity contribution in [3.8, 4) is 11.8 Å². The molecule has 0 bridgehead atoms. The average Bonchev–Trinajstić information content (AvgIpc) is 2.75. The topological polar surface area (TPSA) is 67.2 Å². The summed E-state index contributed by atoms with van der Waals surface area (Å²) in [6.07, 6.45) is 2.76. The Hall–Kier alpha value is -2.81. The van der Waals surface area contributed by atoms with Crippen LogP contribution in [0.5, 0.6) is 5.75 Å². The third kappa shape index (κ3) is 4.84. The van der Waals surface area contributed by atoms with E-state index in [0.29, 0.717) is 29.5 Å². The van der Waals surface area contributed by atoms with E-state index in [1.807, 2.05) is 50.4 Å². The molecule has 1 heterocycles. The van der Waals surface area contributed by atoms with Crippen molar-refractivity contribution in [3.05, 3.63) is 63.8 Å². The molecular weight excluding hydrogens is 398 g/mol. The first-order valence-corrected chi connectivity index (χ1v) is 10.4. The minimum atomic E-state index is 0.102. The first-order valence-electron chi connectivity index (χ1n) is 9.99. The van der Waals surface area contributed by atoms with E-state index in [4.69, 9.17) is 26.1 Å². The number of methoxy groups -OCH3 is 1. The van der Waals surface area contributed by atoms with Crippen LogP contribution in [0, 0.1) is 11.3 Å². The number of ether oxygens (including phenoxy) is 2. The molecule has 0 aliphatic heterocycles. The maximum absolute atomic E-state index is 9.50. The number of hydrogen-bond donors (Lipinski definition) is 1. The van der Waals surface area contributed by atoms with Gasteiger partial charge in [0, 0.05) is 23.7 Å². The van der Waals surface area contributed by atoms with Gasteiger partial charge in [0.25, 0.3) is 0 Å². The lowest BCUT2D eigenvalue weighted by molar-refractivity contribution is 0.0659. The highest BCUT2D eigenvalue weighted by Crippen LogP contribution is 2.32. The van der Waals surface area contributed by atoms with E-state index in [0.717, 1.165) is 39.7 Å². The van der Waals surface area contributed by atoms with Crippen LogP contribution in [-0.4, -0.2) is 18.2 Å². The van der Waals surface area contributed by atoms with Gasteiger partial charge in [-0.2, -0.15) is 5.26 Å². The second-order valence-electron chi connectivity index (χ2n) is 7.34. The summed E-state index contributed by atoms with van der Waals surface area (Å²) in [6.45, 7) is 7.08. The van der Waals surface area contributed by atoms with Crippen LogP contribution in [0.15, 0.2) is 36.5 Å². The van der Waals surface area contributed by atoms with Crippen LogP contribution in [0.2, 0.25) is 5.02 Å². The van der Waals surface area contributed by atoms with E-state index in [1.165, 1.54) is 0 Å². The molecule has 1 N–H and O–H groups in total. The lowest BCUT2D eigenvalue weighted by Crippen LogP contribution is -2.08. The molecule has 0 aliphatic rings. The Morgan fingerprint density at radius 3 is 2.63 bits per heavy atom. The molecule has 6 heteroatoms. The van der Waals surface area contributed by atoms with Crippen LogP contribution in [0.1, 0.15) is 43.0 Å². The van der Waals surface area contributed by atoms with Gasteiger partial charge in [-0.25, -0.2) is 0 Å². The lowest BCUT2D eigenvalue weighted by atomic mass is 10.0. The standard InChI is InChI=1S/C24H26ClN3O2/c1-5-18-8-17(11-26)9-20-23(18)28-13-19(14-30-15(2)3)24(20)27-12-16-6-7-22(29-4)21(25)10-16/h6-10,13,15H,5,12,14H2,1-4H3,(H,27,28). The maximum atomic E-state index is 9.50. The van der Waals surface area contributed by atoms with Crippen molar-refractivity contribution >= 4 is 28.2 Å². The van der Waals surface area contributed by atoms with Crippen molar-refractivity contribution in [1.29, 1.82) is 5.26 Å². The number of pyridine rings is 1. The SMILES string of the molecule is CCc1cc(C#N)cc2c(NCc3ccc(OC)c(Cl)c3)c(COC(C)C)cnc12. The van der Waals surface area contributed by atoms with Crippen molar-refractivity contribution in [1.82, 2.24) is 4.98 Å². The Morgan fingerprint density at radius 1 is 1.20 bits per heavy atom.